The summed E-state index contributed by atoms with van der Waals surface area (Å²) in [5, 5.41) is 6.23. The third-order valence-electron chi connectivity index (χ3n) is 2.72. The van der Waals surface area contributed by atoms with E-state index in [0.29, 0.717) is 5.69 Å². The van der Waals surface area contributed by atoms with Gasteiger partial charge in [-0.2, -0.15) is 0 Å². The molecule has 0 saturated heterocycles. The van der Waals surface area contributed by atoms with Crippen molar-refractivity contribution in [3.63, 3.8) is 0 Å². The van der Waals surface area contributed by atoms with Crippen molar-refractivity contribution in [1.82, 2.24) is 0 Å². The van der Waals surface area contributed by atoms with E-state index in [0.717, 1.165) is 16.9 Å². The molecule has 2 aromatic carbocycles. The van der Waals surface area contributed by atoms with Crippen molar-refractivity contribution in [2.75, 3.05) is 12.4 Å². The second-order valence-electron chi connectivity index (χ2n) is 4.38. The van der Waals surface area contributed by atoms with Crippen LogP contribution in [0.5, 0.6) is 5.75 Å². The molecule has 0 radical (unpaired) electrons. The van der Waals surface area contributed by atoms with Gasteiger partial charge in [-0.3, -0.25) is 10.2 Å². The van der Waals surface area contributed by atoms with Crippen LogP contribution in [0.15, 0.2) is 53.7 Å². The molecule has 0 fully saturated rings. The maximum absolute atomic E-state index is 11.5. The van der Waals surface area contributed by atoms with Gasteiger partial charge in [-0.05, 0) is 54.4 Å². The van der Waals surface area contributed by atoms with Gasteiger partial charge in [0.05, 0.1) is 13.3 Å². The average molecular weight is 284 g/mol. The summed E-state index contributed by atoms with van der Waals surface area (Å²) in [6, 6.07) is 14.6. The van der Waals surface area contributed by atoms with Gasteiger partial charge in [-0.1, -0.05) is 17.3 Å². The van der Waals surface area contributed by atoms with Gasteiger partial charge in [0.2, 0.25) is 0 Å². The molecule has 0 aliphatic rings. The van der Waals surface area contributed by atoms with E-state index < -0.39 is 6.09 Å². The SMILES string of the molecule is COc1ccc(/C=N/OC(=O)Nc2cccc(C)c2)cc1. The summed E-state index contributed by atoms with van der Waals surface area (Å²) in [6.45, 7) is 1.94. The normalized spacial score (nSPS) is 10.4. The second kappa shape index (κ2) is 7.09. The van der Waals surface area contributed by atoms with Crippen LogP contribution in [0.1, 0.15) is 11.1 Å². The fraction of sp³-hybridized carbons (Fsp3) is 0.125. The number of hydrogen-bond acceptors (Lipinski definition) is 4. The lowest BCUT2D eigenvalue weighted by Gasteiger charge is -2.03. The molecule has 1 N–H and O–H groups in total. The zero-order chi connectivity index (χ0) is 15.1. The van der Waals surface area contributed by atoms with Gasteiger partial charge in [0.1, 0.15) is 5.75 Å². The first kappa shape index (κ1) is 14.6. The number of nitrogens with zero attached hydrogens (tertiary/aromatic N) is 1. The number of hydrogen-bond donors (Lipinski definition) is 1. The number of rotatable bonds is 4. The maximum Gasteiger partial charge on any atom is 0.437 e. The van der Waals surface area contributed by atoms with Gasteiger partial charge < -0.3 is 4.74 Å². The molecule has 2 rings (SSSR count). The zero-order valence-electron chi connectivity index (χ0n) is 11.9. The standard InChI is InChI=1S/C16H16N2O3/c1-12-4-3-5-14(10-12)18-16(19)21-17-11-13-6-8-15(20-2)9-7-13/h3-11H,1-2H3,(H,18,19)/b17-11+. The van der Waals surface area contributed by atoms with Crippen LogP contribution in [0.4, 0.5) is 10.5 Å². The Morgan fingerprint density at radius 1 is 1.19 bits per heavy atom. The Morgan fingerprint density at radius 3 is 2.62 bits per heavy atom. The molecule has 5 heteroatoms. The molecule has 0 saturated carbocycles. The fourth-order valence-electron chi connectivity index (χ4n) is 1.69. The van der Waals surface area contributed by atoms with E-state index in [9.17, 15) is 4.79 Å². The minimum atomic E-state index is -0.634. The molecule has 0 unspecified atom stereocenters. The molecule has 0 aliphatic carbocycles. The molecular weight excluding hydrogens is 268 g/mol. The summed E-state index contributed by atoms with van der Waals surface area (Å²) in [5.41, 5.74) is 2.52. The molecule has 0 aromatic heterocycles. The molecule has 0 atom stereocenters. The van der Waals surface area contributed by atoms with E-state index in [1.54, 1.807) is 25.3 Å². The summed E-state index contributed by atoms with van der Waals surface area (Å²) >= 11 is 0. The first-order chi connectivity index (χ1) is 10.2. The zero-order valence-corrected chi connectivity index (χ0v) is 11.9. The Labute approximate surface area is 123 Å². The lowest BCUT2D eigenvalue weighted by Crippen LogP contribution is -2.10. The number of aryl methyl sites for hydroxylation is 1. The molecule has 0 aliphatic heterocycles. The van der Waals surface area contributed by atoms with Crippen molar-refractivity contribution < 1.29 is 14.4 Å². The molecule has 2 aromatic rings. The van der Waals surface area contributed by atoms with Crippen molar-refractivity contribution in [2.45, 2.75) is 6.92 Å². The van der Waals surface area contributed by atoms with Crippen molar-refractivity contribution in [1.29, 1.82) is 0 Å². The van der Waals surface area contributed by atoms with Gasteiger partial charge in [-0.15, -0.1) is 0 Å². The Bertz CT molecular complexity index is 636. The number of amides is 1. The highest BCUT2D eigenvalue weighted by Gasteiger charge is 2.02. The fourth-order valence-corrected chi connectivity index (χ4v) is 1.69. The van der Waals surface area contributed by atoms with E-state index in [1.807, 2.05) is 37.3 Å². The quantitative estimate of drug-likeness (QED) is 0.530. The number of ether oxygens (including phenoxy) is 1. The number of nitrogens with one attached hydrogen (secondary N) is 1. The van der Waals surface area contributed by atoms with Gasteiger partial charge in [0.15, 0.2) is 0 Å². The topological polar surface area (TPSA) is 59.9 Å². The number of benzene rings is 2. The summed E-state index contributed by atoms with van der Waals surface area (Å²) in [7, 11) is 1.60. The molecule has 0 bridgehead atoms. The monoisotopic (exact) mass is 284 g/mol. The van der Waals surface area contributed by atoms with Crippen LogP contribution >= 0.6 is 0 Å². The third kappa shape index (κ3) is 4.65. The summed E-state index contributed by atoms with van der Waals surface area (Å²) in [5.74, 6) is 0.755. The summed E-state index contributed by atoms with van der Waals surface area (Å²) in [6.07, 6.45) is 0.820. The van der Waals surface area contributed by atoms with E-state index in [4.69, 9.17) is 9.57 Å². The summed E-state index contributed by atoms with van der Waals surface area (Å²) < 4.78 is 5.05. The van der Waals surface area contributed by atoms with E-state index in [-0.39, 0.29) is 0 Å². The molecule has 5 nitrogen and oxygen atoms in total. The van der Waals surface area contributed by atoms with Crippen molar-refractivity contribution >= 4 is 18.0 Å². The van der Waals surface area contributed by atoms with Crippen LogP contribution in [0.3, 0.4) is 0 Å². The lowest BCUT2D eigenvalue weighted by molar-refractivity contribution is 0.167. The highest BCUT2D eigenvalue weighted by molar-refractivity contribution is 5.86. The van der Waals surface area contributed by atoms with Crippen molar-refractivity contribution in [3.05, 3.63) is 59.7 Å². The van der Waals surface area contributed by atoms with Crippen LogP contribution in [0, 0.1) is 6.92 Å². The predicted molar refractivity (Wildman–Crippen MR) is 81.9 cm³/mol. The highest BCUT2D eigenvalue weighted by Crippen LogP contribution is 2.11. The van der Waals surface area contributed by atoms with Gasteiger partial charge in [0.25, 0.3) is 0 Å². The van der Waals surface area contributed by atoms with Gasteiger partial charge >= 0.3 is 6.09 Å². The van der Waals surface area contributed by atoms with Crippen LogP contribution < -0.4 is 10.1 Å². The smallest absolute Gasteiger partial charge is 0.437 e. The van der Waals surface area contributed by atoms with Crippen LogP contribution in [0.2, 0.25) is 0 Å². The first-order valence-corrected chi connectivity index (χ1v) is 6.39. The van der Waals surface area contributed by atoms with Crippen LogP contribution in [-0.2, 0) is 4.84 Å². The first-order valence-electron chi connectivity index (χ1n) is 6.39. The minimum absolute atomic E-state index is 0.634. The molecular formula is C16H16N2O3. The maximum atomic E-state index is 11.5. The van der Waals surface area contributed by atoms with Crippen LogP contribution in [-0.4, -0.2) is 19.4 Å². The Balaban J connectivity index is 1.86. The van der Waals surface area contributed by atoms with E-state index >= 15 is 0 Å². The Kier molecular flexibility index (Phi) is 4.93. The number of anilines is 1. The van der Waals surface area contributed by atoms with Crippen molar-refractivity contribution in [3.8, 4) is 5.75 Å². The van der Waals surface area contributed by atoms with E-state index in [2.05, 4.69) is 10.5 Å². The lowest BCUT2D eigenvalue weighted by atomic mass is 10.2. The van der Waals surface area contributed by atoms with Gasteiger partial charge in [0, 0.05) is 5.69 Å². The second-order valence-corrected chi connectivity index (χ2v) is 4.38. The number of methoxy groups -OCH3 is 1. The van der Waals surface area contributed by atoms with Crippen molar-refractivity contribution in [2.24, 2.45) is 5.16 Å². The average Bonchev–Trinajstić information content (AvgIpc) is 2.48. The van der Waals surface area contributed by atoms with Crippen LogP contribution in [0.25, 0.3) is 0 Å². The Morgan fingerprint density at radius 2 is 1.95 bits per heavy atom. The molecule has 0 heterocycles. The molecule has 1 amide bonds. The number of carbonyl (C=O) groups excluding carboxylic acids is 1. The minimum Gasteiger partial charge on any atom is -0.497 e. The predicted octanol–water partition coefficient (Wildman–Crippen LogP) is 3.59. The molecule has 0 spiro atoms. The largest absolute Gasteiger partial charge is 0.497 e. The third-order valence-corrected chi connectivity index (χ3v) is 2.72. The van der Waals surface area contributed by atoms with Gasteiger partial charge in [-0.25, -0.2) is 4.79 Å². The molecule has 21 heavy (non-hydrogen) atoms. The van der Waals surface area contributed by atoms with E-state index in [1.165, 1.54) is 6.21 Å². The Hall–Kier alpha value is -2.82. The molecule has 108 valence electrons. The summed E-state index contributed by atoms with van der Waals surface area (Å²) in [4.78, 5) is 16.3. The number of carbonyl (C=O) groups is 1. The number of oxime groups is 1. The highest BCUT2D eigenvalue weighted by atomic mass is 16.7.